The molecule has 0 spiro atoms. The molecular formula is C39H80O12Si4. The summed E-state index contributed by atoms with van der Waals surface area (Å²) in [6, 6.07) is 0. The summed E-state index contributed by atoms with van der Waals surface area (Å²) in [6.07, 6.45) is -1.98. The van der Waals surface area contributed by atoms with E-state index in [-0.39, 0.29) is 57.7 Å². The van der Waals surface area contributed by atoms with Gasteiger partial charge in [0.2, 0.25) is 0 Å². The van der Waals surface area contributed by atoms with E-state index in [1.54, 1.807) is 20.3 Å². The first kappa shape index (κ1) is 49.5. The largest absolute Gasteiger partial charge is 0.414 e. The van der Waals surface area contributed by atoms with E-state index in [4.69, 9.17) is 49.6 Å². The van der Waals surface area contributed by atoms with Crippen LogP contribution in [0.5, 0.6) is 0 Å². The minimum Gasteiger partial charge on any atom is -0.414 e. The molecular weight excluding hydrogens is 773 g/mol. The molecule has 4 aliphatic heterocycles. The molecule has 0 bridgehead atoms. The van der Waals surface area contributed by atoms with Crippen molar-refractivity contribution < 1.29 is 54.7 Å². The molecule has 0 unspecified atom stereocenters. The van der Waals surface area contributed by atoms with Crippen molar-refractivity contribution in [3.8, 4) is 0 Å². The van der Waals surface area contributed by atoms with Gasteiger partial charge in [0.25, 0.3) is 0 Å². The third kappa shape index (κ3) is 9.86. The molecule has 55 heavy (non-hydrogen) atoms. The van der Waals surface area contributed by atoms with Gasteiger partial charge in [0.15, 0.2) is 12.6 Å². The SMILES string of the molecule is C=CCO[C@H]1[C@H](OC)O[C@@H]2CO[Si](C(C)C)(C(C)C)O[Si](C(C)C)(C(C)C)O[C@@H]12.CO[C@@H]1O[C@@H]2CO[Si](C(C)C)(C(C)C)O[Si](C(C)C)(C(C)C)O[C@H]2[C@H]1O. The summed E-state index contributed by atoms with van der Waals surface area (Å²) in [7, 11) is -7.34. The minimum absolute atomic E-state index is 0.225. The molecule has 8 atom stereocenters. The van der Waals surface area contributed by atoms with Crippen LogP contribution in [0.1, 0.15) is 111 Å². The Hall–Kier alpha value is 0.128. The number of aliphatic hydroxyl groups is 1. The highest BCUT2D eigenvalue weighted by atomic mass is 28.5. The number of fused-ring (bicyclic) bond motifs is 2. The standard InChI is InChI=1S/C21H42O6Si2.C18H38O6Si2/c1-11-12-23-20-19-18(25-21(20)22-10)13-24-28(14(2)3,15(4)5)27-29(26-19,16(6)7)17(8)9;1-11(2)25(12(3)4)21-10-15-17(16(19)18(20-9)22-15)23-26(24-25,13(5)6)14(7)8/h11,14-21H,1,12-13H2,2-10H3;11-19H,10H2,1-9H3/t18-,19-,20-,21-;15-,16-,17-,18-/m11/s1. The molecule has 0 radical (unpaired) electrons. The average Bonchev–Trinajstić information content (AvgIpc) is 3.56. The zero-order valence-electron chi connectivity index (χ0n) is 37.6. The average molecular weight is 853 g/mol. The summed E-state index contributed by atoms with van der Waals surface area (Å²) in [5, 5.41) is 10.7. The second-order valence-corrected chi connectivity index (χ2v) is 35.9. The molecule has 0 aromatic heterocycles. The lowest BCUT2D eigenvalue weighted by molar-refractivity contribution is -0.162. The molecule has 16 heteroatoms. The quantitative estimate of drug-likeness (QED) is 0.141. The molecule has 4 fully saturated rings. The molecule has 4 heterocycles. The molecule has 0 aliphatic carbocycles. The Morgan fingerprint density at radius 1 is 0.564 bits per heavy atom. The van der Waals surface area contributed by atoms with Crippen LogP contribution < -0.4 is 0 Å². The highest BCUT2D eigenvalue weighted by molar-refractivity contribution is 6.84. The summed E-state index contributed by atoms with van der Waals surface area (Å²) in [5.41, 5.74) is 2.16. The van der Waals surface area contributed by atoms with Gasteiger partial charge in [-0.15, -0.1) is 6.58 Å². The van der Waals surface area contributed by atoms with E-state index in [1.807, 2.05) is 0 Å². The third-order valence-electron chi connectivity index (χ3n) is 12.1. The van der Waals surface area contributed by atoms with Gasteiger partial charge >= 0.3 is 34.2 Å². The van der Waals surface area contributed by atoms with Gasteiger partial charge in [0.05, 0.1) is 19.8 Å². The van der Waals surface area contributed by atoms with Crippen LogP contribution in [0.25, 0.3) is 0 Å². The van der Waals surface area contributed by atoms with E-state index < -0.39 is 59.0 Å². The maximum absolute atomic E-state index is 10.7. The van der Waals surface area contributed by atoms with E-state index in [0.717, 1.165) is 0 Å². The number of hydrogen-bond donors (Lipinski definition) is 1. The fourth-order valence-corrected chi connectivity index (χ4v) is 31.4. The second kappa shape index (κ2) is 20.1. The van der Waals surface area contributed by atoms with Gasteiger partial charge in [-0.1, -0.05) is 117 Å². The minimum atomic E-state index is -2.71. The molecule has 0 aromatic carbocycles. The van der Waals surface area contributed by atoms with E-state index in [0.29, 0.717) is 30.9 Å². The molecule has 0 aromatic rings. The van der Waals surface area contributed by atoms with Crippen LogP contribution in [-0.2, 0) is 49.6 Å². The lowest BCUT2D eigenvalue weighted by atomic mass is 10.1. The van der Waals surface area contributed by atoms with E-state index in [9.17, 15) is 5.11 Å². The Balaban J connectivity index is 0.000000297. The molecule has 4 rings (SSSR count). The lowest BCUT2D eigenvalue weighted by Gasteiger charge is -2.51. The Morgan fingerprint density at radius 3 is 1.25 bits per heavy atom. The van der Waals surface area contributed by atoms with Gasteiger partial charge < -0.3 is 54.7 Å². The normalized spacial score (nSPS) is 33.1. The van der Waals surface area contributed by atoms with Crippen molar-refractivity contribution in [2.75, 3.05) is 34.0 Å². The predicted molar refractivity (Wildman–Crippen MR) is 225 cm³/mol. The van der Waals surface area contributed by atoms with Crippen molar-refractivity contribution in [3.63, 3.8) is 0 Å². The molecule has 4 aliphatic rings. The van der Waals surface area contributed by atoms with Crippen LogP contribution in [0.15, 0.2) is 12.7 Å². The zero-order chi connectivity index (χ0) is 41.8. The molecule has 324 valence electrons. The van der Waals surface area contributed by atoms with Gasteiger partial charge in [-0.05, 0) is 44.3 Å². The van der Waals surface area contributed by atoms with Crippen LogP contribution in [-0.4, -0.2) is 123 Å². The molecule has 4 saturated heterocycles. The smallest absolute Gasteiger partial charge is 0.335 e. The Bertz CT molecular complexity index is 1160. The summed E-state index contributed by atoms with van der Waals surface area (Å²) >= 11 is 0. The highest BCUT2D eigenvalue weighted by Crippen LogP contribution is 2.49. The number of rotatable bonds is 13. The molecule has 0 amide bonds. The van der Waals surface area contributed by atoms with Crippen molar-refractivity contribution >= 4 is 34.2 Å². The summed E-state index contributed by atoms with van der Waals surface area (Å²) in [4.78, 5) is 0. The first-order chi connectivity index (χ1) is 25.6. The molecule has 1 N–H and O–H groups in total. The fraction of sp³-hybridized carbons (Fsp3) is 0.949. The van der Waals surface area contributed by atoms with Crippen LogP contribution in [0.2, 0.25) is 44.3 Å². The zero-order valence-corrected chi connectivity index (χ0v) is 41.6. The maximum atomic E-state index is 10.7. The summed E-state index contributed by atoms with van der Waals surface area (Å²) in [5.74, 6) is 0. The topological polar surface area (TPSA) is 122 Å². The predicted octanol–water partition coefficient (Wildman–Crippen LogP) is 8.56. The van der Waals surface area contributed by atoms with E-state index in [1.165, 1.54) is 0 Å². The Kier molecular flexibility index (Phi) is 18.1. The van der Waals surface area contributed by atoms with E-state index >= 15 is 0 Å². The number of ether oxygens (including phenoxy) is 5. The lowest BCUT2D eigenvalue weighted by Crippen LogP contribution is -2.66. The van der Waals surface area contributed by atoms with Gasteiger partial charge in [0.1, 0.15) is 36.6 Å². The van der Waals surface area contributed by atoms with Crippen LogP contribution in [0.3, 0.4) is 0 Å². The third-order valence-corrected chi connectivity index (χ3v) is 32.6. The number of methoxy groups -OCH3 is 2. The molecule has 12 nitrogen and oxygen atoms in total. The number of aliphatic hydroxyl groups excluding tert-OH is 1. The number of hydrogen-bond acceptors (Lipinski definition) is 12. The van der Waals surface area contributed by atoms with Crippen molar-refractivity contribution in [2.45, 2.75) is 204 Å². The van der Waals surface area contributed by atoms with Gasteiger partial charge in [-0.3, -0.25) is 0 Å². The second-order valence-electron chi connectivity index (χ2n) is 18.2. The highest BCUT2D eigenvalue weighted by Gasteiger charge is 2.63. The van der Waals surface area contributed by atoms with Crippen LogP contribution >= 0.6 is 0 Å². The van der Waals surface area contributed by atoms with Crippen LogP contribution in [0.4, 0.5) is 0 Å². The monoisotopic (exact) mass is 852 g/mol. The van der Waals surface area contributed by atoms with Gasteiger partial charge in [-0.25, -0.2) is 0 Å². The summed E-state index contributed by atoms with van der Waals surface area (Å²) < 4.78 is 70.5. The summed E-state index contributed by atoms with van der Waals surface area (Å²) in [6.45, 7) is 40.1. The van der Waals surface area contributed by atoms with Crippen molar-refractivity contribution in [3.05, 3.63) is 12.7 Å². The Morgan fingerprint density at radius 2 is 0.909 bits per heavy atom. The van der Waals surface area contributed by atoms with Crippen molar-refractivity contribution in [2.24, 2.45) is 0 Å². The van der Waals surface area contributed by atoms with Crippen molar-refractivity contribution in [1.29, 1.82) is 0 Å². The molecule has 0 saturated carbocycles. The Labute approximate surface area is 338 Å². The van der Waals surface area contributed by atoms with Gasteiger partial charge in [-0.2, -0.15) is 0 Å². The first-order valence-corrected chi connectivity index (χ1v) is 28.8. The fourth-order valence-electron chi connectivity index (χ4n) is 8.97. The van der Waals surface area contributed by atoms with E-state index in [2.05, 4.69) is 117 Å². The maximum Gasteiger partial charge on any atom is 0.335 e. The van der Waals surface area contributed by atoms with Crippen molar-refractivity contribution in [1.82, 2.24) is 0 Å². The van der Waals surface area contributed by atoms with Crippen LogP contribution in [0, 0.1) is 0 Å². The first-order valence-electron chi connectivity index (χ1n) is 20.9. The van der Waals surface area contributed by atoms with Gasteiger partial charge in [0, 0.05) is 14.2 Å².